The van der Waals surface area contributed by atoms with E-state index < -0.39 is 33.1 Å². The molecule has 1 amide bonds. The van der Waals surface area contributed by atoms with Gasteiger partial charge in [-0.05, 0) is 48.0 Å². The van der Waals surface area contributed by atoms with Gasteiger partial charge in [0.05, 0.1) is 21.2 Å². The number of para-hydroxylation sites is 1. The molecule has 9 heteroatoms. The summed E-state index contributed by atoms with van der Waals surface area (Å²) in [4.78, 5) is 12.1. The maximum atomic E-state index is 14.2. The van der Waals surface area contributed by atoms with Gasteiger partial charge in [-0.15, -0.1) is 0 Å². The number of amides is 1. The number of carbonyl (C=O) groups is 1. The van der Waals surface area contributed by atoms with E-state index in [0.29, 0.717) is 5.56 Å². The zero-order chi connectivity index (χ0) is 21.0. The van der Waals surface area contributed by atoms with Crippen molar-refractivity contribution in [1.82, 2.24) is 4.72 Å². The summed E-state index contributed by atoms with van der Waals surface area (Å²) < 4.78 is 54.5. The zero-order valence-corrected chi connectivity index (χ0v) is 16.4. The van der Waals surface area contributed by atoms with Crippen molar-refractivity contribution in [2.24, 2.45) is 0 Å². The van der Waals surface area contributed by atoms with Crippen LogP contribution in [-0.2, 0) is 16.6 Å². The Kier molecular flexibility index (Phi) is 6.26. The van der Waals surface area contributed by atoms with Crippen LogP contribution >= 0.6 is 11.6 Å². The summed E-state index contributed by atoms with van der Waals surface area (Å²) in [6.45, 7) is -0.0961. The van der Waals surface area contributed by atoms with Gasteiger partial charge in [-0.25, -0.2) is 21.9 Å². The molecule has 5 nitrogen and oxygen atoms in total. The van der Waals surface area contributed by atoms with Gasteiger partial charge in [0.15, 0.2) is 0 Å². The minimum absolute atomic E-state index is 0.0961. The number of benzene rings is 3. The summed E-state index contributed by atoms with van der Waals surface area (Å²) in [5.41, 5.74) is 0.351. The number of carbonyl (C=O) groups excluding carboxylic acids is 1. The Hall–Kier alpha value is -2.81. The molecule has 0 aromatic heterocycles. The lowest BCUT2D eigenvalue weighted by molar-refractivity contribution is 0.102. The molecule has 29 heavy (non-hydrogen) atoms. The second-order valence-corrected chi connectivity index (χ2v) is 8.20. The molecule has 2 N–H and O–H groups in total. The molecule has 3 aromatic rings. The first-order valence-electron chi connectivity index (χ1n) is 8.36. The van der Waals surface area contributed by atoms with Gasteiger partial charge in [-0.3, -0.25) is 4.79 Å². The molecule has 0 unspecified atom stereocenters. The van der Waals surface area contributed by atoms with Crippen molar-refractivity contribution >= 4 is 33.2 Å². The molecule has 0 heterocycles. The number of nitrogens with one attached hydrogen (secondary N) is 2. The maximum absolute atomic E-state index is 14.2. The summed E-state index contributed by atoms with van der Waals surface area (Å²) in [6.07, 6.45) is 0. The second-order valence-electron chi connectivity index (χ2n) is 6.03. The van der Waals surface area contributed by atoms with Crippen molar-refractivity contribution in [2.45, 2.75) is 11.4 Å². The minimum Gasteiger partial charge on any atom is -0.321 e. The van der Waals surface area contributed by atoms with Crippen LogP contribution in [0.4, 0.5) is 14.5 Å². The molecule has 0 radical (unpaired) electrons. The first kappa shape index (κ1) is 20.9. The fourth-order valence-electron chi connectivity index (χ4n) is 2.46. The summed E-state index contributed by atoms with van der Waals surface area (Å²) in [6, 6.07) is 14.6. The molecule has 0 spiro atoms. The highest BCUT2D eigenvalue weighted by Gasteiger charge is 2.20. The monoisotopic (exact) mass is 436 g/mol. The Labute approximate surface area is 171 Å². The second kappa shape index (κ2) is 8.69. The quantitative estimate of drug-likeness (QED) is 0.603. The highest BCUT2D eigenvalue weighted by atomic mass is 35.5. The van der Waals surface area contributed by atoms with E-state index in [4.69, 9.17) is 11.6 Å². The van der Waals surface area contributed by atoms with Gasteiger partial charge in [-0.2, -0.15) is 0 Å². The van der Waals surface area contributed by atoms with Gasteiger partial charge in [0.2, 0.25) is 10.0 Å². The fourth-order valence-corrected chi connectivity index (χ4v) is 3.69. The van der Waals surface area contributed by atoms with E-state index in [1.165, 1.54) is 30.3 Å². The first-order valence-corrected chi connectivity index (χ1v) is 10.2. The van der Waals surface area contributed by atoms with Gasteiger partial charge in [0.1, 0.15) is 11.6 Å². The summed E-state index contributed by atoms with van der Waals surface area (Å²) in [7, 11) is -4.04. The largest absolute Gasteiger partial charge is 0.321 e. The smallest absolute Gasteiger partial charge is 0.258 e. The molecule has 0 aliphatic rings. The average Bonchev–Trinajstić information content (AvgIpc) is 2.69. The van der Waals surface area contributed by atoms with E-state index in [-0.39, 0.29) is 22.2 Å². The maximum Gasteiger partial charge on any atom is 0.258 e. The van der Waals surface area contributed by atoms with Crippen LogP contribution in [0.1, 0.15) is 15.9 Å². The Bertz CT molecular complexity index is 1150. The third kappa shape index (κ3) is 5.17. The number of sulfonamides is 1. The molecule has 0 aliphatic heterocycles. The summed E-state index contributed by atoms with van der Waals surface area (Å²) in [5, 5.41) is 2.70. The summed E-state index contributed by atoms with van der Waals surface area (Å²) >= 11 is 5.97. The average molecular weight is 437 g/mol. The number of hydrogen-bond donors (Lipinski definition) is 2. The van der Waals surface area contributed by atoms with Gasteiger partial charge in [-0.1, -0.05) is 35.9 Å². The Morgan fingerprint density at radius 1 is 0.966 bits per heavy atom. The molecule has 3 aromatic carbocycles. The third-order valence-electron chi connectivity index (χ3n) is 3.99. The Morgan fingerprint density at radius 2 is 1.66 bits per heavy atom. The molecular formula is C20H15ClF2N2O3S. The van der Waals surface area contributed by atoms with Crippen LogP contribution in [0, 0.1) is 11.6 Å². The van der Waals surface area contributed by atoms with E-state index in [9.17, 15) is 22.0 Å². The number of anilines is 1. The van der Waals surface area contributed by atoms with E-state index in [2.05, 4.69) is 10.0 Å². The van der Waals surface area contributed by atoms with Crippen molar-refractivity contribution in [3.8, 4) is 0 Å². The SMILES string of the molecule is O=C(Nc1ccccc1Cl)c1cc(S(=O)(=O)NCc2ccc(F)cc2)ccc1F. The van der Waals surface area contributed by atoms with Crippen molar-refractivity contribution in [3.63, 3.8) is 0 Å². The zero-order valence-electron chi connectivity index (χ0n) is 14.8. The highest BCUT2D eigenvalue weighted by molar-refractivity contribution is 7.89. The van der Waals surface area contributed by atoms with Gasteiger partial charge in [0.25, 0.3) is 5.91 Å². The van der Waals surface area contributed by atoms with Crippen LogP contribution in [0.15, 0.2) is 71.6 Å². The van der Waals surface area contributed by atoms with Crippen molar-refractivity contribution < 1.29 is 22.0 Å². The van der Waals surface area contributed by atoms with Crippen molar-refractivity contribution in [1.29, 1.82) is 0 Å². The van der Waals surface area contributed by atoms with Gasteiger partial charge < -0.3 is 5.32 Å². The fraction of sp³-hybridized carbons (Fsp3) is 0.0500. The number of hydrogen-bond acceptors (Lipinski definition) is 3. The lowest BCUT2D eigenvalue weighted by Crippen LogP contribution is -2.24. The molecule has 150 valence electrons. The predicted octanol–water partition coefficient (Wildman–Crippen LogP) is 4.35. The predicted molar refractivity (Wildman–Crippen MR) is 106 cm³/mol. The molecule has 0 saturated carbocycles. The van der Waals surface area contributed by atoms with Crippen LogP contribution in [0.3, 0.4) is 0 Å². The molecule has 0 bridgehead atoms. The minimum atomic E-state index is -4.04. The lowest BCUT2D eigenvalue weighted by atomic mass is 10.2. The van der Waals surface area contributed by atoms with E-state index in [1.54, 1.807) is 18.2 Å². The molecular weight excluding hydrogens is 422 g/mol. The van der Waals surface area contributed by atoms with Crippen LogP contribution in [0.2, 0.25) is 5.02 Å². The topological polar surface area (TPSA) is 75.3 Å². The highest BCUT2D eigenvalue weighted by Crippen LogP contribution is 2.22. The molecule has 0 fully saturated rings. The Morgan fingerprint density at radius 3 is 2.34 bits per heavy atom. The van der Waals surface area contributed by atoms with E-state index >= 15 is 0 Å². The van der Waals surface area contributed by atoms with Crippen LogP contribution in [0.5, 0.6) is 0 Å². The number of rotatable bonds is 6. The summed E-state index contributed by atoms with van der Waals surface area (Å²) in [5.74, 6) is -2.16. The van der Waals surface area contributed by atoms with Gasteiger partial charge in [0, 0.05) is 6.54 Å². The van der Waals surface area contributed by atoms with Crippen LogP contribution < -0.4 is 10.0 Å². The standard InChI is InChI=1S/C20H15ClF2N2O3S/c21-17-3-1-2-4-19(17)25-20(26)16-11-15(9-10-18(16)23)29(27,28)24-12-13-5-7-14(22)8-6-13/h1-11,24H,12H2,(H,25,26). The molecule has 0 saturated heterocycles. The Balaban J connectivity index is 1.80. The van der Waals surface area contributed by atoms with E-state index in [0.717, 1.165) is 18.2 Å². The van der Waals surface area contributed by atoms with Crippen molar-refractivity contribution in [3.05, 3.63) is 94.5 Å². The van der Waals surface area contributed by atoms with Gasteiger partial charge >= 0.3 is 0 Å². The molecule has 0 aliphatic carbocycles. The first-order chi connectivity index (χ1) is 13.8. The molecule has 0 atom stereocenters. The third-order valence-corrected chi connectivity index (χ3v) is 5.72. The normalized spacial score (nSPS) is 11.3. The lowest BCUT2D eigenvalue weighted by Gasteiger charge is -2.11. The van der Waals surface area contributed by atoms with E-state index in [1.807, 2.05) is 0 Å². The van der Waals surface area contributed by atoms with Crippen molar-refractivity contribution in [2.75, 3.05) is 5.32 Å². The van der Waals surface area contributed by atoms with Crippen LogP contribution in [0.25, 0.3) is 0 Å². The molecule has 3 rings (SSSR count). The number of halogens is 3. The van der Waals surface area contributed by atoms with Crippen LogP contribution in [-0.4, -0.2) is 14.3 Å².